The van der Waals surface area contributed by atoms with Gasteiger partial charge in [-0.2, -0.15) is 0 Å². The van der Waals surface area contributed by atoms with Gasteiger partial charge in [-0.1, -0.05) is 18.2 Å². The van der Waals surface area contributed by atoms with E-state index in [4.69, 9.17) is 0 Å². The number of para-hydroxylation sites is 1. The Bertz CT molecular complexity index is 1040. The van der Waals surface area contributed by atoms with E-state index in [1.165, 1.54) is 17.7 Å². The van der Waals surface area contributed by atoms with Crippen molar-refractivity contribution < 1.29 is 9.59 Å². The number of benzene rings is 1. The second kappa shape index (κ2) is 7.32. The summed E-state index contributed by atoms with van der Waals surface area (Å²) in [7, 11) is 0. The number of carbonyl (C=O) groups is 2. The van der Waals surface area contributed by atoms with E-state index in [-0.39, 0.29) is 23.3 Å². The van der Waals surface area contributed by atoms with Crippen molar-refractivity contribution in [2.75, 3.05) is 18.5 Å². The van der Waals surface area contributed by atoms with Crippen LogP contribution in [0.15, 0.2) is 52.9 Å². The van der Waals surface area contributed by atoms with Crippen LogP contribution in [-0.4, -0.2) is 39.5 Å². The number of amides is 2. The van der Waals surface area contributed by atoms with Crippen LogP contribution in [0.3, 0.4) is 0 Å². The fourth-order valence-corrected chi connectivity index (χ4v) is 3.95. The molecule has 3 heterocycles. The van der Waals surface area contributed by atoms with Crippen molar-refractivity contribution in [3.63, 3.8) is 0 Å². The molecule has 4 rings (SSSR count). The van der Waals surface area contributed by atoms with Gasteiger partial charge < -0.3 is 4.90 Å². The summed E-state index contributed by atoms with van der Waals surface area (Å²) < 4.78 is 1.13. The first-order chi connectivity index (χ1) is 13.1. The number of fused-ring (bicyclic) bond motifs is 1. The minimum Gasteiger partial charge on any atom is -0.338 e. The Labute approximate surface area is 159 Å². The van der Waals surface area contributed by atoms with Gasteiger partial charge in [-0.3, -0.25) is 19.8 Å². The summed E-state index contributed by atoms with van der Waals surface area (Å²) in [5.74, 6) is -0.452. The van der Waals surface area contributed by atoms with Crippen LogP contribution < -0.4 is 11.0 Å². The van der Waals surface area contributed by atoms with E-state index in [0.717, 1.165) is 4.68 Å². The molecule has 0 radical (unpaired) electrons. The molecule has 0 aliphatic carbocycles. The molecule has 1 fully saturated rings. The van der Waals surface area contributed by atoms with E-state index >= 15 is 0 Å². The molecule has 8 heteroatoms. The highest BCUT2D eigenvalue weighted by atomic mass is 32.1. The Balaban J connectivity index is 1.41. The number of thiophene rings is 1. The van der Waals surface area contributed by atoms with Crippen molar-refractivity contribution in [3.8, 4) is 0 Å². The number of rotatable bonds is 3. The zero-order valence-corrected chi connectivity index (χ0v) is 15.3. The van der Waals surface area contributed by atoms with Crippen molar-refractivity contribution in [2.45, 2.75) is 12.8 Å². The molecule has 1 saturated heterocycles. The van der Waals surface area contributed by atoms with Gasteiger partial charge in [0.05, 0.1) is 15.8 Å². The molecule has 27 heavy (non-hydrogen) atoms. The highest BCUT2D eigenvalue weighted by Gasteiger charge is 2.28. The maximum atomic E-state index is 12.6. The molecular weight excluding hydrogens is 364 g/mol. The van der Waals surface area contributed by atoms with Crippen LogP contribution >= 0.6 is 11.3 Å². The van der Waals surface area contributed by atoms with Crippen molar-refractivity contribution in [2.24, 2.45) is 5.92 Å². The summed E-state index contributed by atoms with van der Waals surface area (Å²) in [4.78, 5) is 44.1. The predicted octanol–water partition coefficient (Wildman–Crippen LogP) is 2.08. The second-order valence-electron chi connectivity index (χ2n) is 6.46. The van der Waals surface area contributed by atoms with Crippen LogP contribution in [-0.2, 0) is 4.79 Å². The molecule has 0 atom stereocenters. The Kier molecular flexibility index (Phi) is 4.72. The fourth-order valence-electron chi connectivity index (χ4n) is 3.26. The Hall–Kier alpha value is -3.00. The molecule has 1 aromatic carbocycles. The quantitative estimate of drug-likeness (QED) is 0.752. The molecule has 7 nitrogen and oxygen atoms in total. The molecule has 1 N–H and O–H groups in total. The molecule has 0 unspecified atom stereocenters. The first kappa shape index (κ1) is 17.4. The third-order valence-corrected chi connectivity index (χ3v) is 5.64. The average molecular weight is 382 g/mol. The van der Waals surface area contributed by atoms with Crippen molar-refractivity contribution in [1.82, 2.24) is 14.6 Å². The molecular formula is C19H18N4O3S. The lowest BCUT2D eigenvalue weighted by Crippen LogP contribution is -2.43. The Morgan fingerprint density at radius 1 is 1.11 bits per heavy atom. The van der Waals surface area contributed by atoms with Crippen molar-refractivity contribution in [3.05, 3.63) is 63.3 Å². The number of likely N-dealkylation sites (tertiary alicyclic amines) is 1. The largest absolute Gasteiger partial charge is 0.338 e. The number of nitrogens with zero attached hydrogens (tertiary/aromatic N) is 3. The van der Waals surface area contributed by atoms with Gasteiger partial charge in [-0.15, -0.1) is 11.3 Å². The van der Waals surface area contributed by atoms with Crippen molar-refractivity contribution in [1.29, 1.82) is 0 Å². The average Bonchev–Trinajstić information content (AvgIpc) is 3.25. The Morgan fingerprint density at radius 3 is 2.63 bits per heavy atom. The first-order valence-corrected chi connectivity index (χ1v) is 9.61. The van der Waals surface area contributed by atoms with E-state index in [1.807, 2.05) is 23.6 Å². The van der Waals surface area contributed by atoms with Gasteiger partial charge >= 0.3 is 0 Å². The number of piperidine rings is 1. The normalized spacial score (nSPS) is 15.0. The van der Waals surface area contributed by atoms with Gasteiger partial charge in [0.15, 0.2) is 0 Å². The summed E-state index contributed by atoms with van der Waals surface area (Å²) in [5.41, 5.74) is 2.93. The molecule has 0 bridgehead atoms. The van der Waals surface area contributed by atoms with Gasteiger partial charge in [0.2, 0.25) is 5.91 Å². The minimum absolute atomic E-state index is 0.0128. The van der Waals surface area contributed by atoms with Crippen LogP contribution in [0.1, 0.15) is 22.5 Å². The summed E-state index contributed by atoms with van der Waals surface area (Å²) in [6, 6.07) is 10.7. The van der Waals surface area contributed by atoms with Gasteiger partial charge in [-0.25, -0.2) is 9.66 Å². The highest BCUT2D eigenvalue weighted by molar-refractivity contribution is 7.12. The summed E-state index contributed by atoms with van der Waals surface area (Å²) in [5, 5.41) is 2.33. The summed E-state index contributed by atoms with van der Waals surface area (Å²) in [6.07, 6.45) is 2.47. The zero-order valence-electron chi connectivity index (χ0n) is 14.5. The van der Waals surface area contributed by atoms with E-state index in [1.54, 1.807) is 23.1 Å². The van der Waals surface area contributed by atoms with Crippen LogP contribution in [0.4, 0.5) is 0 Å². The molecule has 1 aliphatic rings. The predicted molar refractivity (Wildman–Crippen MR) is 103 cm³/mol. The number of nitrogens with one attached hydrogen (secondary N) is 1. The molecule has 2 aromatic heterocycles. The topological polar surface area (TPSA) is 84.3 Å². The fraction of sp³-hybridized carbons (Fsp3) is 0.263. The van der Waals surface area contributed by atoms with Crippen LogP contribution in [0.2, 0.25) is 0 Å². The highest BCUT2D eigenvalue weighted by Crippen LogP contribution is 2.21. The lowest BCUT2D eigenvalue weighted by molar-refractivity contribution is -0.122. The molecule has 0 spiro atoms. The summed E-state index contributed by atoms with van der Waals surface area (Å²) >= 11 is 1.42. The first-order valence-electron chi connectivity index (χ1n) is 8.73. The monoisotopic (exact) mass is 382 g/mol. The second-order valence-corrected chi connectivity index (χ2v) is 7.40. The Morgan fingerprint density at radius 2 is 1.89 bits per heavy atom. The maximum Gasteiger partial charge on any atom is 0.280 e. The smallest absolute Gasteiger partial charge is 0.280 e. The molecule has 138 valence electrons. The van der Waals surface area contributed by atoms with Crippen LogP contribution in [0.25, 0.3) is 10.9 Å². The molecule has 1 aliphatic heterocycles. The SMILES string of the molecule is O=C(Nn1cnc2ccccc2c1=O)C1CCN(C(=O)c2cccs2)CC1. The molecule has 2 amide bonds. The van der Waals surface area contributed by atoms with Gasteiger partial charge in [0.1, 0.15) is 6.33 Å². The number of hydrogen-bond donors (Lipinski definition) is 1. The zero-order chi connectivity index (χ0) is 18.8. The standard InChI is InChI=1S/C19H18N4O3S/c24-17(21-23-12-20-15-5-2-1-4-14(15)18(23)25)13-7-9-22(10-8-13)19(26)16-6-3-11-27-16/h1-6,11-13H,7-10H2,(H,21,24). The van der Waals surface area contributed by atoms with Crippen molar-refractivity contribution >= 4 is 34.1 Å². The van der Waals surface area contributed by atoms with Gasteiger partial charge in [0.25, 0.3) is 11.5 Å². The van der Waals surface area contributed by atoms with E-state index in [2.05, 4.69) is 10.4 Å². The lowest BCUT2D eigenvalue weighted by Gasteiger charge is -2.31. The lowest BCUT2D eigenvalue weighted by atomic mass is 9.96. The molecule has 3 aromatic rings. The third kappa shape index (κ3) is 3.48. The third-order valence-electron chi connectivity index (χ3n) is 4.78. The summed E-state index contributed by atoms with van der Waals surface area (Å²) in [6.45, 7) is 1.05. The number of hydrogen-bond acceptors (Lipinski definition) is 5. The molecule has 0 saturated carbocycles. The maximum absolute atomic E-state index is 12.6. The number of carbonyl (C=O) groups excluding carboxylic acids is 2. The van der Waals surface area contributed by atoms with Crippen LogP contribution in [0.5, 0.6) is 0 Å². The van der Waals surface area contributed by atoms with Crippen LogP contribution in [0, 0.1) is 5.92 Å². The van der Waals surface area contributed by atoms with Gasteiger partial charge in [-0.05, 0) is 36.4 Å². The minimum atomic E-state index is -0.306. The number of aromatic nitrogens is 2. The van der Waals surface area contributed by atoms with E-state index < -0.39 is 0 Å². The van der Waals surface area contributed by atoms with E-state index in [0.29, 0.717) is 41.7 Å². The van der Waals surface area contributed by atoms with Gasteiger partial charge in [0, 0.05) is 19.0 Å². The van der Waals surface area contributed by atoms with E-state index in [9.17, 15) is 14.4 Å².